The zero-order valence-corrected chi connectivity index (χ0v) is 20.6. The number of nitrogens with zero attached hydrogens (tertiary/aromatic N) is 1. The van der Waals surface area contributed by atoms with Gasteiger partial charge in [-0.25, -0.2) is 0 Å². The van der Waals surface area contributed by atoms with Crippen LogP contribution in [0.25, 0.3) is 0 Å². The molecule has 0 saturated carbocycles. The van der Waals surface area contributed by atoms with E-state index in [1.807, 2.05) is 86.6 Å². The molecule has 0 aromatic heterocycles. The molecular formula is C30H36N2O2. The van der Waals surface area contributed by atoms with Gasteiger partial charge < -0.3 is 10.2 Å². The smallest absolute Gasteiger partial charge is 0.243 e. The highest BCUT2D eigenvalue weighted by molar-refractivity contribution is 5.89. The van der Waals surface area contributed by atoms with E-state index in [0.717, 1.165) is 40.7 Å². The van der Waals surface area contributed by atoms with Crippen LogP contribution in [-0.2, 0) is 29.0 Å². The van der Waals surface area contributed by atoms with Crippen molar-refractivity contribution in [2.45, 2.75) is 59.0 Å². The van der Waals surface area contributed by atoms with Gasteiger partial charge in [-0.2, -0.15) is 0 Å². The molecule has 4 heteroatoms. The van der Waals surface area contributed by atoms with Crippen LogP contribution >= 0.6 is 0 Å². The fourth-order valence-electron chi connectivity index (χ4n) is 4.14. The maximum absolute atomic E-state index is 13.8. The Morgan fingerprint density at radius 1 is 0.882 bits per heavy atom. The van der Waals surface area contributed by atoms with E-state index in [2.05, 4.69) is 18.3 Å². The number of aryl methyl sites for hydroxylation is 2. The number of rotatable bonds is 11. The molecule has 0 aliphatic carbocycles. The van der Waals surface area contributed by atoms with Gasteiger partial charge in [-0.05, 0) is 42.5 Å². The second-order valence-electron chi connectivity index (χ2n) is 8.96. The van der Waals surface area contributed by atoms with Crippen LogP contribution in [0, 0.1) is 13.8 Å². The standard InChI is InChI=1S/C30H36N2O2/c1-4-5-18-31-30(34)28(20-25-14-7-6-8-15-25)32(22-26-16-11-12-23(2)19-26)29(33)21-27-17-10-9-13-24(27)3/h6-17,19,28H,4-5,18,20-22H2,1-3H3,(H,31,34)/t28-/m0/s1. The SMILES string of the molecule is CCCCNC(=O)[C@H](Cc1ccccc1)N(Cc1cccc(C)c1)C(=O)Cc1ccccc1C. The van der Waals surface area contributed by atoms with Gasteiger partial charge in [-0.1, -0.05) is 97.8 Å². The van der Waals surface area contributed by atoms with Crippen molar-refractivity contribution in [2.75, 3.05) is 6.54 Å². The monoisotopic (exact) mass is 456 g/mol. The number of hydrogen-bond acceptors (Lipinski definition) is 2. The zero-order valence-electron chi connectivity index (χ0n) is 20.6. The molecule has 0 aliphatic heterocycles. The first kappa shape index (κ1) is 25.2. The minimum absolute atomic E-state index is 0.0395. The Morgan fingerprint density at radius 3 is 2.29 bits per heavy atom. The average molecular weight is 457 g/mol. The minimum Gasteiger partial charge on any atom is -0.354 e. The molecule has 0 fully saturated rings. The Morgan fingerprint density at radius 2 is 1.59 bits per heavy atom. The molecule has 0 radical (unpaired) electrons. The van der Waals surface area contributed by atoms with Gasteiger partial charge in [0.1, 0.15) is 6.04 Å². The number of amides is 2. The largest absolute Gasteiger partial charge is 0.354 e. The number of nitrogens with one attached hydrogen (secondary N) is 1. The van der Waals surface area contributed by atoms with Crippen molar-refractivity contribution in [3.8, 4) is 0 Å². The second-order valence-corrected chi connectivity index (χ2v) is 8.96. The number of benzene rings is 3. The van der Waals surface area contributed by atoms with Crippen LogP contribution in [-0.4, -0.2) is 29.3 Å². The van der Waals surface area contributed by atoms with Gasteiger partial charge in [0.15, 0.2) is 0 Å². The first-order chi connectivity index (χ1) is 16.5. The van der Waals surface area contributed by atoms with Crippen molar-refractivity contribution >= 4 is 11.8 Å². The molecule has 1 N–H and O–H groups in total. The molecule has 3 rings (SSSR count). The molecule has 0 saturated heterocycles. The van der Waals surface area contributed by atoms with Gasteiger partial charge in [-0.3, -0.25) is 9.59 Å². The van der Waals surface area contributed by atoms with Crippen LogP contribution in [0.3, 0.4) is 0 Å². The van der Waals surface area contributed by atoms with Crippen LogP contribution in [0.2, 0.25) is 0 Å². The normalized spacial score (nSPS) is 11.6. The lowest BCUT2D eigenvalue weighted by atomic mass is 10.00. The Kier molecular flexibility index (Phi) is 9.45. The van der Waals surface area contributed by atoms with E-state index in [0.29, 0.717) is 19.5 Å². The first-order valence-electron chi connectivity index (χ1n) is 12.2. The summed E-state index contributed by atoms with van der Waals surface area (Å²) < 4.78 is 0. The molecule has 34 heavy (non-hydrogen) atoms. The van der Waals surface area contributed by atoms with Gasteiger partial charge in [-0.15, -0.1) is 0 Å². The molecule has 0 aliphatic rings. The number of carbonyl (C=O) groups is 2. The van der Waals surface area contributed by atoms with Crippen molar-refractivity contribution < 1.29 is 9.59 Å². The van der Waals surface area contributed by atoms with E-state index in [-0.39, 0.29) is 18.2 Å². The predicted octanol–water partition coefficient (Wildman–Crippen LogP) is 5.40. The Labute approximate surface area is 204 Å². The highest BCUT2D eigenvalue weighted by atomic mass is 16.2. The molecule has 1 atom stereocenters. The molecule has 3 aromatic rings. The summed E-state index contributed by atoms with van der Waals surface area (Å²) in [5.41, 5.74) is 5.27. The van der Waals surface area contributed by atoms with Crippen molar-refractivity contribution in [1.82, 2.24) is 10.2 Å². The summed E-state index contributed by atoms with van der Waals surface area (Å²) in [6.07, 6.45) is 2.66. The quantitative estimate of drug-likeness (QED) is 0.393. The Hall–Kier alpha value is -3.40. The maximum atomic E-state index is 13.8. The van der Waals surface area contributed by atoms with Crippen LogP contribution in [0.4, 0.5) is 0 Å². The third-order valence-corrected chi connectivity index (χ3v) is 6.14. The van der Waals surface area contributed by atoms with Crippen molar-refractivity contribution in [2.24, 2.45) is 0 Å². The molecule has 178 valence electrons. The van der Waals surface area contributed by atoms with E-state index >= 15 is 0 Å². The molecule has 0 heterocycles. The van der Waals surface area contributed by atoms with Crippen molar-refractivity contribution in [3.05, 3.63) is 107 Å². The Balaban J connectivity index is 1.95. The number of unbranched alkanes of at least 4 members (excludes halogenated alkanes) is 1. The summed E-state index contributed by atoms with van der Waals surface area (Å²) in [4.78, 5) is 29.0. The van der Waals surface area contributed by atoms with Crippen LogP contribution in [0.15, 0.2) is 78.9 Å². The highest BCUT2D eigenvalue weighted by Gasteiger charge is 2.30. The molecular weight excluding hydrogens is 420 g/mol. The number of carbonyl (C=O) groups excluding carboxylic acids is 2. The van der Waals surface area contributed by atoms with E-state index in [4.69, 9.17) is 0 Å². The molecule has 3 aromatic carbocycles. The second kappa shape index (κ2) is 12.7. The average Bonchev–Trinajstić information content (AvgIpc) is 2.83. The third kappa shape index (κ3) is 7.31. The fourth-order valence-corrected chi connectivity index (χ4v) is 4.14. The van der Waals surface area contributed by atoms with E-state index < -0.39 is 6.04 Å². The Bertz CT molecular complexity index is 1080. The first-order valence-corrected chi connectivity index (χ1v) is 12.2. The summed E-state index contributed by atoms with van der Waals surface area (Å²) in [6.45, 7) is 7.17. The lowest BCUT2D eigenvalue weighted by molar-refractivity contribution is -0.140. The summed E-state index contributed by atoms with van der Waals surface area (Å²) >= 11 is 0. The van der Waals surface area contributed by atoms with E-state index in [9.17, 15) is 9.59 Å². The van der Waals surface area contributed by atoms with Gasteiger partial charge in [0.05, 0.1) is 6.42 Å². The zero-order chi connectivity index (χ0) is 24.3. The van der Waals surface area contributed by atoms with E-state index in [1.54, 1.807) is 4.90 Å². The number of hydrogen-bond donors (Lipinski definition) is 1. The van der Waals surface area contributed by atoms with Gasteiger partial charge in [0.25, 0.3) is 0 Å². The highest BCUT2D eigenvalue weighted by Crippen LogP contribution is 2.18. The van der Waals surface area contributed by atoms with Crippen molar-refractivity contribution in [1.29, 1.82) is 0 Å². The molecule has 0 spiro atoms. The minimum atomic E-state index is -0.587. The van der Waals surface area contributed by atoms with E-state index in [1.165, 1.54) is 0 Å². The maximum Gasteiger partial charge on any atom is 0.243 e. The van der Waals surface area contributed by atoms with Crippen LogP contribution in [0.5, 0.6) is 0 Å². The molecule has 4 nitrogen and oxygen atoms in total. The van der Waals surface area contributed by atoms with Gasteiger partial charge in [0, 0.05) is 19.5 Å². The fraction of sp³-hybridized carbons (Fsp3) is 0.333. The predicted molar refractivity (Wildman–Crippen MR) is 138 cm³/mol. The summed E-state index contributed by atoms with van der Waals surface area (Å²) in [5, 5.41) is 3.08. The third-order valence-electron chi connectivity index (χ3n) is 6.14. The molecule has 0 bridgehead atoms. The van der Waals surface area contributed by atoms with Crippen LogP contribution < -0.4 is 5.32 Å². The molecule has 0 unspecified atom stereocenters. The summed E-state index contributed by atoms with van der Waals surface area (Å²) in [7, 11) is 0. The van der Waals surface area contributed by atoms with Gasteiger partial charge >= 0.3 is 0 Å². The van der Waals surface area contributed by atoms with Crippen LogP contribution in [0.1, 0.15) is 47.6 Å². The van der Waals surface area contributed by atoms with Crippen molar-refractivity contribution in [3.63, 3.8) is 0 Å². The molecule has 2 amide bonds. The lowest BCUT2D eigenvalue weighted by Crippen LogP contribution is -2.51. The lowest BCUT2D eigenvalue weighted by Gasteiger charge is -2.32. The van der Waals surface area contributed by atoms with Gasteiger partial charge in [0.2, 0.25) is 11.8 Å². The summed E-state index contributed by atoms with van der Waals surface area (Å²) in [5.74, 6) is -0.134. The summed E-state index contributed by atoms with van der Waals surface area (Å²) in [6, 6.07) is 25.5. The topological polar surface area (TPSA) is 49.4 Å².